The fraction of sp³-hybridized carbons (Fsp3) is 0.654. The molecule has 2 fully saturated rings. The molecule has 5 rings (SSSR count). The lowest BCUT2D eigenvalue weighted by Gasteiger charge is -2.44. The summed E-state index contributed by atoms with van der Waals surface area (Å²) in [5, 5.41) is 11.2. The van der Waals surface area contributed by atoms with Crippen molar-refractivity contribution in [2.75, 3.05) is 92.5 Å². The highest BCUT2D eigenvalue weighted by Crippen LogP contribution is 2.34. The van der Waals surface area contributed by atoms with Crippen LogP contribution in [0.15, 0.2) is 63.3 Å². The molecule has 0 spiro atoms. The highest BCUT2D eigenvalue weighted by Gasteiger charge is 2.50. The maximum absolute atomic E-state index is 12.1. The number of aliphatic imine (C=N–C) groups is 1. The predicted molar refractivity (Wildman–Crippen MR) is 281 cm³/mol. The van der Waals surface area contributed by atoms with Crippen molar-refractivity contribution < 1.29 is 111 Å². The molecule has 2 N–H and O–H groups in total. The van der Waals surface area contributed by atoms with E-state index in [2.05, 4.69) is 10.3 Å². The number of carbonyl (C=O) groups excluding carboxylic acids is 5. The van der Waals surface area contributed by atoms with Crippen LogP contribution in [0.5, 0.6) is 0 Å². The fourth-order valence-corrected chi connectivity index (χ4v) is 9.49. The van der Waals surface area contributed by atoms with Gasteiger partial charge in [-0.15, -0.1) is 0 Å². The summed E-state index contributed by atoms with van der Waals surface area (Å²) in [7, 11) is -7.57. The maximum atomic E-state index is 12.1. The lowest BCUT2D eigenvalue weighted by molar-refractivity contribution is -0.262. The number of aliphatic hydroxyl groups is 1. The van der Waals surface area contributed by atoms with Gasteiger partial charge in [0.05, 0.1) is 89.1 Å². The summed E-state index contributed by atoms with van der Waals surface area (Å²) < 4.78 is 122. The Morgan fingerprint density at radius 3 is 1.41 bits per heavy atom. The topological polar surface area (TPSA) is 327 Å². The summed E-state index contributed by atoms with van der Waals surface area (Å²) in [6.45, 7) is 17.2. The highest BCUT2D eigenvalue weighted by molar-refractivity contribution is 7.87. The molecular weight excluding hydrogens is 1100 g/mol. The number of hydrogen-bond donors (Lipinski definition) is 2. The van der Waals surface area contributed by atoms with Gasteiger partial charge in [0.15, 0.2) is 18.2 Å². The minimum Gasteiger partial charge on any atom is -0.463 e. The van der Waals surface area contributed by atoms with Crippen LogP contribution in [0, 0.1) is 25.7 Å². The smallest absolute Gasteiger partial charge is 0.302 e. The molecule has 452 valence electrons. The molecule has 10 atom stereocenters. The van der Waals surface area contributed by atoms with Gasteiger partial charge in [-0.25, -0.2) is 4.99 Å². The minimum absolute atomic E-state index is 0.0299. The average Bonchev–Trinajstić information content (AvgIpc) is 3.77. The zero-order valence-electron chi connectivity index (χ0n) is 46.9. The Labute approximate surface area is 467 Å². The first-order chi connectivity index (χ1) is 37.8. The Bertz CT molecular complexity index is 2480. The molecule has 2 aromatic rings. The number of amides is 1. The Balaban J connectivity index is 0.000000350. The van der Waals surface area contributed by atoms with Crippen molar-refractivity contribution in [3.8, 4) is 0 Å². The van der Waals surface area contributed by atoms with Crippen molar-refractivity contribution in [3.63, 3.8) is 0 Å². The van der Waals surface area contributed by atoms with Crippen molar-refractivity contribution >= 4 is 55.9 Å². The molecule has 0 radical (unpaired) electrons. The van der Waals surface area contributed by atoms with Gasteiger partial charge in [0.1, 0.15) is 43.7 Å². The zero-order valence-corrected chi connectivity index (χ0v) is 48.5. The van der Waals surface area contributed by atoms with Crippen LogP contribution in [0.2, 0.25) is 0 Å². The van der Waals surface area contributed by atoms with Crippen molar-refractivity contribution in [1.29, 1.82) is 0 Å². The van der Waals surface area contributed by atoms with E-state index in [9.17, 15) is 40.8 Å². The molecule has 1 amide bonds. The van der Waals surface area contributed by atoms with Gasteiger partial charge in [-0.1, -0.05) is 49.2 Å². The maximum Gasteiger partial charge on any atom is 0.302 e. The third-order valence-corrected chi connectivity index (χ3v) is 14.3. The standard InChI is InChI=1S/C26H39NO12S.C13H19NO6.C13H20O6S/c1-17-6-8-22(9-7-17)40(31,32)37-15-13-34-11-10-33-12-14-35-26-24(27-19(3)28)25(38-21(5)30)18(2)23(39-26)16-36-20(4)29;1-6-10(5-17-8(3)15)20-13-11(14-7(2)18-13)12(6)19-9(4)16;1-12-2-4-13(5-3-12)20(15,16)19-11-10-18-9-8-17-7-6-14/h6-9,18,23-26H,10-16H2,1-5H3,(H,27,28);6,10-13H,5H2,1-4H3;2-5,14H,6-11H2,1H3/t18-,23+,24+,25-,26+;6-,10+,11+,12-,13-;/m00./s1. The van der Waals surface area contributed by atoms with Crippen molar-refractivity contribution in [1.82, 2.24) is 5.32 Å². The third kappa shape index (κ3) is 25.3. The fourth-order valence-electron chi connectivity index (χ4n) is 7.70. The normalized spacial score (nSPS) is 23.3. The second-order valence-corrected chi connectivity index (χ2v) is 21.5. The van der Waals surface area contributed by atoms with Crippen LogP contribution < -0.4 is 5.32 Å². The Kier molecular flexibility index (Phi) is 30.7. The molecule has 0 unspecified atom stereocenters. The number of hydrogen-bond acceptors (Lipinski definition) is 25. The second kappa shape index (κ2) is 35.6. The van der Waals surface area contributed by atoms with E-state index in [0.29, 0.717) is 19.1 Å². The van der Waals surface area contributed by atoms with Crippen LogP contribution in [-0.4, -0.2) is 199 Å². The molecule has 28 heteroatoms. The minimum atomic E-state index is -3.85. The number of nitrogens with one attached hydrogen (secondary N) is 1. The van der Waals surface area contributed by atoms with Crippen LogP contribution >= 0.6 is 0 Å². The van der Waals surface area contributed by atoms with E-state index in [1.807, 2.05) is 20.8 Å². The summed E-state index contributed by atoms with van der Waals surface area (Å²) in [4.78, 5) is 61.6. The number of rotatable bonds is 29. The van der Waals surface area contributed by atoms with Gasteiger partial charge in [0, 0.05) is 53.4 Å². The zero-order chi connectivity index (χ0) is 59.4. The first-order valence-corrected chi connectivity index (χ1v) is 28.5. The lowest BCUT2D eigenvalue weighted by Crippen LogP contribution is -2.63. The molecule has 0 bridgehead atoms. The Morgan fingerprint density at radius 1 is 0.562 bits per heavy atom. The van der Waals surface area contributed by atoms with Gasteiger partial charge in [-0.2, -0.15) is 16.8 Å². The number of aryl methyl sites for hydroxylation is 2. The molecule has 3 aliphatic rings. The number of aliphatic hydroxyl groups excluding tert-OH is 1. The molecule has 2 saturated heterocycles. The summed E-state index contributed by atoms with van der Waals surface area (Å²) in [5.41, 5.74) is 1.92. The van der Waals surface area contributed by atoms with E-state index >= 15 is 0 Å². The molecule has 0 saturated carbocycles. The van der Waals surface area contributed by atoms with Crippen LogP contribution in [0.25, 0.3) is 0 Å². The van der Waals surface area contributed by atoms with Crippen molar-refractivity contribution in [3.05, 3.63) is 59.7 Å². The molecule has 0 aromatic heterocycles. The highest BCUT2D eigenvalue weighted by atomic mass is 32.2. The number of carbonyl (C=O) groups is 5. The van der Waals surface area contributed by atoms with E-state index < -0.39 is 81.1 Å². The van der Waals surface area contributed by atoms with Crippen LogP contribution in [0.1, 0.15) is 66.5 Å². The first kappa shape index (κ1) is 69.0. The van der Waals surface area contributed by atoms with E-state index in [-0.39, 0.29) is 119 Å². The van der Waals surface area contributed by atoms with Gasteiger partial charge >= 0.3 is 23.9 Å². The van der Waals surface area contributed by atoms with Crippen LogP contribution in [0.4, 0.5) is 0 Å². The van der Waals surface area contributed by atoms with Gasteiger partial charge in [-0.05, 0) is 38.1 Å². The Morgan fingerprint density at radius 2 is 0.975 bits per heavy atom. The summed E-state index contributed by atoms with van der Waals surface area (Å²) in [5.74, 6) is -2.23. The van der Waals surface area contributed by atoms with Crippen molar-refractivity contribution in [2.45, 2.75) is 128 Å². The molecule has 0 aliphatic carbocycles. The van der Waals surface area contributed by atoms with E-state index in [1.165, 1.54) is 58.9 Å². The number of esters is 4. The van der Waals surface area contributed by atoms with Crippen LogP contribution in [0.3, 0.4) is 0 Å². The third-order valence-electron chi connectivity index (χ3n) is 11.6. The molecule has 3 aliphatic heterocycles. The second-order valence-electron chi connectivity index (χ2n) is 18.3. The summed E-state index contributed by atoms with van der Waals surface area (Å²) >= 11 is 0. The summed E-state index contributed by atoms with van der Waals surface area (Å²) in [6, 6.07) is 11.6. The lowest BCUT2D eigenvalue weighted by atomic mass is 9.89. The molecule has 2 aromatic carbocycles. The van der Waals surface area contributed by atoms with Gasteiger partial charge < -0.3 is 67.3 Å². The number of fused-ring (bicyclic) bond motifs is 1. The average molecular weight is 1180 g/mol. The largest absolute Gasteiger partial charge is 0.463 e. The van der Waals surface area contributed by atoms with E-state index in [0.717, 1.165) is 11.1 Å². The first-order valence-electron chi connectivity index (χ1n) is 25.7. The monoisotopic (exact) mass is 1180 g/mol. The molecule has 80 heavy (non-hydrogen) atoms. The number of ether oxygens (including phenoxy) is 12. The molecule has 26 nitrogen and oxygen atoms in total. The van der Waals surface area contributed by atoms with E-state index in [4.69, 9.17) is 70.3 Å². The Hall–Kier alpha value is -5.24. The van der Waals surface area contributed by atoms with Crippen molar-refractivity contribution in [2.24, 2.45) is 16.8 Å². The predicted octanol–water partition coefficient (Wildman–Crippen LogP) is 2.50. The van der Waals surface area contributed by atoms with Gasteiger partial charge in [-0.3, -0.25) is 32.3 Å². The number of benzene rings is 2. The molecular formula is C52H78N2O24S2. The molecule has 3 heterocycles. The van der Waals surface area contributed by atoms with Gasteiger partial charge in [0.2, 0.25) is 12.2 Å². The summed E-state index contributed by atoms with van der Waals surface area (Å²) in [6.07, 6.45) is -3.88. The SMILES string of the molecule is CC(=O)N[C@H]1[C@H](OCCOCCOCCOS(=O)(=O)c2ccc(C)cc2)O[C@H](COC(C)=O)[C@H](C)[C@@H]1OC(C)=O.CC(=O)OC[C@H]1O[C@@H]2OC(C)=N[C@@H]2[C@@H](OC(C)=O)[C@H]1C.Cc1ccc(S(=O)(=O)OCCOCCOCCO)cc1. The quantitative estimate of drug-likeness (QED) is 0.0511. The van der Waals surface area contributed by atoms with Crippen LogP contribution in [-0.2, 0) is 109 Å². The van der Waals surface area contributed by atoms with E-state index in [1.54, 1.807) is 38.1 Å². The van der Waals surface area contributed by atoms with Gasteiger partial charge in [0.25, 0.3) is 20.2 Å². The number of nitrogens with zero attached hydrogens (tertiary/aromatic N) is 1.